The molecule has 0 bridgehead atoms. The maximum atomic E-state index is 13.1. The van der Waals surface area contributed by atoms with E-state index < -0.39 is 30.4 Å². The van der Waals surface area contributed by atoms with Crippen LogP contribution >= 0.6 is 30.2 Å². The van der Waals surface area contributed by atoms with Crippen molar-refractivity contribution in [3.05, 3.63) is 0 Å². The van der Waals surface area contributed by atoms with Crippen molar-refractivity contribution in [1.29, 1.82) is 0 Å². The van der Waals surface area contributed by atoms with Crippen LogP contribution in [0.4, 0.5) is 17.6 Å². The summed E-state index contributed by atoms with van der Waals surface area (Å²) in [6.45, 7) is 1.71. The maximum absolute atomic E-state index is 13.1. The van der Waals surface area contributed by atoms with E-state index in [1.807, 2.05) is 0 Å². The topological polar surface area (TPSA) is 35.5 Å². The van der Waals surface area contributed by atoms with Crippen LogP contribution in [0.25, 0.3) is 0 Å². The van der Waals surface area contributed by atoms with Crippen molar-refractivity contribution in [2.24, 2.45) is 0 Å². The third-order valence-corrected chi connectivity index (χ3v) is 4.55. The van der Waals surface area contributed by atoms with Crippen LogP contribution < -0.4 is 0 Å². The molecule has 3 nitrogen and oxygen atoms in total. The van der Waals surface area contributed by atoms with Crippen molar-refractivity contribution in [3.63, 3.8) is 0 Å². The minimum Gasteiger partial charge on any atom is -0.305 e. The van der Waals surface area contributed by atoms with Gasteiger partial charge < -0.3 is 9.05 Å². The largest absolute Gasteiger partial charge is 0.416 e. The Morgan fingerprint density at radius 2 is 1.47 bits per heavy atom. The highest BCUT2D eigenvalue weighted by molar-refractivity contribution is 14.1. The maximum Gasteiger partial charge on any atom is 0.416 e. The van der Waals surface area contributed by atoms with Gasteiger partial charge in [0, 0.05) is 22.6 Å². The fourth-order valence-electron chi connectivity index (χ4n) is 0.695. The average Bonchev–Trinajstić information content (AvgIpc) is 2.02. The molecule has 0 N–H and O–H groups in total. The molecule has 0 saturated carbocycles. The molecule has 9 heteroatoms. The van der Waals surface area contributed by atoms with E-state index in [-0.39, 0.29) is 22.6 Å². The third kappa shape index (κ3) is 3.28. The van der Waals surface area contributed by atoms with Crippen LogP contribution in [-0.2, 0) is 13.6 Å². The lowest BCUT2D eigenvalue weighted by atomic mass is 10.7. The van der Waals surface area contributed by atoms with Gasteiger partial charge in [-0.05, 0) is 13.8 Å². The monoisotopic (exact) mass is 364 g/mol. The zero-order chi connectivity index (χ0) is 12.3. The second kappa shape index (κ2) is 5.29. The van der Waals surface area contributed by atoms with E-state index >= 15 is 0 Å². The first-order valence-electron chi connectivity index (χ1n) is 3.96. The smallest absolute Gasteiger partial charge is 0.305 e. The van der Waals surface area contributed by atoms with Crippen LogP contribution in [0.1, 0.15) is 13.8 Å². The zero-order valence-electron chi connectivity index (χ0n) is 7.98. The van der Waals surface area contributed by atoms with Crippen LogP contribution in [-0.4, -0.2) is 22.8 Å². The van der Waals surface area contributed by atoms with Gasteiger partial charge in [-0.1, -0.05) is 0 Å². The Hall–Kier alpha value is 0.600. The fraction of sp³-hybridized carbons (Fsp3) is 1.00. The molecule has 92 valence electrons. The molecular weight excluding hydrogens is 354 g/mol. The highest BCUT2D eigenvalue weighted by Crippen LogP contribution is 2.68. The molecule has 0 heterocycles. The first kappa shape index (κ1) is 15.6. The van der Waals surface area contributed by atoms with Gasteiger partial charge in [0.05, 0.1) is 13.2 Å². The van der Waals surface area contributed by atoms with E-state index in [1.54, 1.807) is 0 Å². The highest BCUT2D eigenvalue weighted by atomic mass is 127. The van der Waals surface area contributed by atoms with Gasteiger partial charge in [-0.3, -0.25) is 4.57 Å². The van der Waals surface area contributed by atoms with E-state index in [4.69, 9.17) is 0 Å². The summed E-state index contributed by atoms with van der Waals surface area (Å²) in [6.07, 6.45) is 0. The molecule has 0 aliphatic rings. The summed E-state index contributed by atoms with van der Waals surface area (Å²) in [5.74, 6) is 0. The minimum atomic E-state index is -5.13. The van der Waals surface area contributed by atoms with Gasteiger partial charge in [0.2, 0.25) is 0 Å². The molecule has 0 aromatic heterocycles. The van der Waals surface area contributed by atoms with Crippen LogP contribution in [0.3, 0.4) is 0 Å². The second-order valence-corrected chi connectivity index (χ2v) is 5.80. The van der Waals surface area contributed by atoms with Gasteiger partial charge in [-0.25, -0.2) is 0 Å². The molecule has 15 heavy (non-hydrogen) atoms. The fourth-order valence-corrected chi connectivity index (χ4v) is 2.97. The lowest BCUT2D eigenvalue weighted by molar-refractivity contribution is -0.0973. The summed E-state index contributed by atoms with van der Waals surface area (Å²) in [7, 11) is -5.13. The number of halogens is 5. The number of hydrogen-bond donors (Lipinski definition) is 0. The van der Waals surface area contributed by atoms with E-state index in [1.165, 1.54) is 13.8 Å². The molecule has 0 fully saturated rings. The van der Waals surface area contributed by atoms with Crippen LogP contribution in [0.5, 0.6) is 0 Å². The predicted molar refractivity (Wildman–Crippen MR) is 54.8 cm³/mol. The molecule has 0 saturated heterocycles. The molecule has 0 spiro atoms. The SMILES string of the molecule is CCOP(=O)(OCC)C(F)(F)C(F)(F)I. The Labute approximate surface area is 98.2 Å². The predicted octanol–water partition coefficient (Wildman–Crippen LogP) is 3.87. The molecule has 0 aromatic carbocycles. The summed E-state index contributed by atoms with van der Waals surface area (Å²) in [5, 5.41) is 0. The van der Waals surface area contributed by atoms with Crippen LogP contribution in [0.2, 0.25) is 0 Å². The van der Waals surface area contributed by atoms with E-state index in [2.05, 4.69) is 9.05 Å². The van der Waals surface area contributed by atoms with E-state index in [0.29, 0.717) is 0 Å². The molecule has 0 amide bonds. The number of hydrogen-bond acceptors (Lipinski definition) is 3. The van der Waals surface area contributed by atoms with Gasteiger partial charge >= 0.3 is 17.2 Å². The van der Waals surface area contributed by atoms with Crippen LogP contribution in [0, 0.1) is 0 Å². The van der Waals surface area contributed by atoms with Crippen molar-refractivity contribution >= 4 is 30.2 Å². The molecule has 0 unspecified atom stereocenters. The van der Waals surface area contributed by atoms with Gasteiger partial charge in [0.25, 0.3) is 0 Å². The summed E-state index contributed by atoms with van der Waals surface area (Å²) >= 11 is 0.208. The van der Waals surface area contributed by atoms with Gasteiger partial charge in [-0.15, -0.1) is 0 Å². The molecule has 0 atom stereocenters. The quantitative estimate of drug-likeness (QED) is 0.311. The lowest BCUT2D eigenvalue weighted by Gasteiger charge is -2.28. The first-order valence-corrected chi connectivity index (χ1v) is 6.58. The number of alkyl halides is 5. The Morgan fingerprint density at radius 3 is 1.67 bits per heavy atom. The Bertz CT molecular complexity index is 245. The Morgan fingerprint density at radius 1 is 1.13 bits per heavy atom. The molecule has 0 aliphatic carbocycles. The van der Waals surface area contributed by atoms with Crippen LogP contribution in [0.15, 0.2) is 0 Å². The molecule has 0 radical (unpaired) electrons. The van der Waals surface area contributed by atoms with Crippen molar-refractivity contribution in [1.82, 2.24) is 0 Å². The minimum absolute atomic E-state index is 0.208. The molecule has 0 rings (SSSR count). The van der Waals surface area contributed by atoms with Crippen molar-refractivity contribution < 1.29 is 31.2 Å². The summed E-state index contributed by atoms with van der Waals surface area (Å²) in [4.78, 5) is 0. The van der Waals surface area contributed by atoms with E-state index in [0.717, 1.165) is 0 Å². The Kier molecular flexibility index (Phi) is 5.50. The lowest BCUT2D eigenvalue weighted by Crippen LogP contribution is -2.36. The van der Waals surface area contributed by atoms with Crippen molar-refractivity contribution in [2.75, 3.05) is 13.2 Å². The summed E-state index contributed by atoms with van der Waals surface area (Å²) < 4.78 is 66.5. The van der Waals surface area contributed by atoms with Crippen molar-refractivity contribution in [2.45, 2.75) is 23.4 Å². The van der Waals surface area contributed by atoms with Gasteiger partial charge in [0.15, 0.2) is 0 Å². The van der Waals surface area contributed by atoms with E-state index in [9.17, 15) is 22.1 Å². The average molecular weight is 364 g/mol. The molecular formula is C6H10F4IO3P. The number of rotatable bonds is 6. The standard InChI is InChI=1S/C6H10F4IO3P/c1-3-13-15(12,14-4-2)6(9,10)5(7,8)11/h3-4H2,1-2H3. The van der Waals surface area contributed by atoms with Gasteiger partial charge in [-0.2, -0.15) is 17.6 Å². The third-order valence-electron chi connectivity index (χ3n) is 1.28. The summed E-state index contributed by atoms with van der Waals surface area (Å²) in [6, 6.07) is 0. The Balaban J connectivity index is 5.16. The zero-order valence-corrected chi connectivity index (χ0v) is 11.0. The highest BCUT2D eigenvalue weighted by Gasteiger charge is 2.69. The second-order valence-electron chi connectivity index (χ2n) is 2.37. The summed E-state index contributed by atoms with van der Waals surface area (Å²) in [5.41, 5.74) is -4.84. The van der Waals surface area contributed by atoms with Gasteiger partial charge in [0.1, 0.15) is 0 Å². The molecule has 0 aliphatic heterocycles. The van der Waals surface area contributed by atoms with Crippen molar-refractivity contribution in [3.8, 4) is 0 Å². The first-order chi connectivity index (χ1) is 6.62. The normalized spacial score (nSPS) is 14.3. The molecule has 0 aromatic rings.